The molecule has 1 aromatic heterocycles. The zero-order valence-corrected chi connectivity index (χ0v) is 14.3. The summed E-state index contributed by atoms with van der Waals surface area (Å²) in [7, 11) is 0. The number of halogens is 1. The second-order valence-electron chi connectivity index (χ2n) is 5.00. The Bertz CT molecular complexity index is 923. The summed E-state index contributed by atoms with van der Waals surface area (Å²) in [5.74, 6) is -0.873. The molecule has 0 aliphatic heterocycles. The van der Waals surface area contributed by atoms with Crippen LogP contribution in [-0.2, 0) is 0 Å². The van der Waals surface area contributed by atoms with E-state index in [1.807, 2.05) is 36.6 Å². The van der Waals surface area contributed by atoms with E-state index in [1.54, 1.807) is 18.3 Å². The molecule has 2 aromatic carbocycles. The van der Waals surface area contributed by atoms with Gasteiger partial charge in [0.2, 0.25) is 0 Å². The van der Waals surface area contributed by atoms with Crippen LogP contribution in [0.3, 0.4) is 0 Å². The molecule has 5 nitrogen and oxygen atoms in total. The third-order valence-corrected chi connectivity index (χ3v) is 4.60. The molecule has 0 atom stereocenters. The second kappa shape index (κ2) is 6.98. The van der Waals surface area contributed by atoms with Gasteiger partial charge in [0.25, 0.3) is 11.8 Å². The van der Waals surface area contributed by atoms with E-state index in [-0.39, 0.29) is 0 Å². The number of fused-ring (bicyclic) bond motifs is 1. The first-order chi connectivity index (χ1) is 11.6. The zero-order valence-electron chi connectivity index (χ0n) is 12.7. The number of amides is 2. The predicted octanol–water partition coefficient (Wildman–Crippen LogP) is 3.62. The van der Waals surface area contributed by atoms with E-state index in [9.17, 15) is 9.59 Å². The Kier molecular flexibility index (Phi) is 4.78. The molecular formula is C17H14ClN3O2S. The fourth-order valence-corrected chi connectivity index (χ4v) is 2.96. The van der Waals surface area contributed by atoms with Gasteiger partial charge in [-0.05, 0) is 30.5 Å². The monoisotopic (exact) mass is 359 g/mol. The molecular weight excluding hydrogens is 346 g/mol. The second-order valence-corrected chi connectivity index (χ2v) is 6.29. The summed E-state index contributed by atoms with van der Waals surface area (Å²) in [6, 6.07) is 12.6. The van der Waals surface area contributed by atoms with E-state index in [2.05, 4.69) is 15.8 Å². The lowest BCUT2D eigenvalue weighted by Crippen LogP contribution is -2.41. The van der Waals surface area contributed by atoms with Crippen LogP contribution < -0.4 is 10.9 Å². The molecule has 24 heavy (non-hydrogen) atoms. The molecule has 0 saturated carbocycles. The van der Waals surface area contributed by atoms with Gasteiger partial charge in [0, 0.05) is 22.0 Å². The largest absolute Gasteiger partial charge is 0.360 e. The average molecular weight is 360 g/mol. The molecule has 7 heteroatoms. The maximum absolute atomic E-state index is 12.3. The lowest BCUT2D eigenvalue weighted by Gasteiger charge is -2.09. The number of hydrogen-bond acceptors (Lipinski definition) is 3. The van der Waals surface area contributed by atoms with Crippen molar-refractivity contribution in [3.63, 3.8) is 0 Å². The standard InChI is InChI=1S/C17H14ClN3O2S/c1-24-10-6-7-14(18)12(8-10)16(22)20-21-17(23)13-9-19-15-5-3-2-4-11(13)15/h2-9,19H,1H3,(H,20,22)(H,21,23). The zero-order chi connectivity index (χ0) is 17.1. The quantitative estimate of drug-likeness (QED) is 0.494. The first kappa shape index (κ1) is 16.4. The number of rotatable bonds is 3. The van der Waals surface area contributed by atoms with Crippen LogP contribution in [0, 0.1) is 0 Å². The maximum Gasteiger partial charge on any atom is 0.271 e. The Labute approximate surface area is 147 Å². The minimum Gasteiger partial charge on any atom is -0.360 e. The van der Waals surface area contributed by atoms with Gasteiger partial charge < -0.3 is 4.98 Å². The van der Waals surface area contributed by atoms with Gasteiger partial charge in [0.1, 0.15) is 0 Å². The van der Waals surface area contributed by atoms with Gasteiger partial charge >= 0.3 is 0 Å². The Morgan fingerprint density at radius 3 is 2.50 bits per heavy atom. The van der Waals surface area contributed by atoms with Crippen LogP contribution in [0.15, 0.2) is 53.6 Å². The highest BCUT2D eigenvalue weighted by Gasteiger charge is 2.15. The van der Waals surface area contributed by atoms with Gasteiger partial charge in [-0.1, -0.05) is 29.8 Å². The fourth-order valence-electron chi connectivity index (χ4n) is 2.31. The number of thioether (sulfide) groups is 1. The summed E-state index contributed by atoms with van der Waals surface area (Å²) >= 11 is 7.56. The first-order valence-corrected chi connectivity index (χ1v) is 8.71. The summed E-state index contributed by atoms with van der Waals surface area (Å²) in [4.78, 5) is 28.4. The summed E-state index contributed by atoms with van der Waals surface area (Å²) in [5, 5.41) is 1.11. The predicted molar refractivity (Wildman–Crippen MR) is 96.5 cm³/mol. The molecule has 3 N–H and O–H groups in total. The average Bonchev–Trinajstić information content (AvgIpc) is 3.04. The van der Waals surface area contributed by atoms with E-state index >= 15 is 0 Å². The Morgan fingerprint density at radius 1 is 1.04 bits per heavy atom. The van der Waals surface area contributed by atoms with Crippen LogP contribution in [0.2, 0.25) is 5.02 Å². The molecule has 0 bridgehead atoms. The van der Waals surface area contributed by atoms with Crippen LogP contribution in [0.5, 0.6) is 0 Å². The summed E-state index contributed by atoms with van der Waals surface area (Å²) < 4.78 is 0. The number of hydrogen-bond donors (Lipinski definition) is 3. The summed E-state index contributed by atoms with van der Waals surface area (Å²) in [6.07, 6.45) is 3.51. The molecule has 3 aromatic rings. The van der Waals surface area contributed by atoms with Gasteiger partial charge in [-0.2, -0.15) is 0 Å². The number of para-hydroxylation sites is 1. The summed E-state index contributed by atoms with van der Waals surface area (Å²) in [6.45, 7) is 0. The van der Waals surface area contributed by atoms with E-state index in [0.29, 0.717) is 16.1 Å². The lowest BCUT2D eigenvalue weighted by molar-refractivity contribution is 0.0847. The van der Waals surface area contributed by atoms with Crippen molar-refractivity contribution < 1.29 is 9.59 Å². The topological polar surface area (TPSA) is 74.0 Å². The van der Waals surface area contributed by atoms with E-state index < -0.39 is 11.8 Å². The highest BCUT2D eigenvalue weighted by atomic mass is 35.5. The lowest BCUT2D eigenvalue weighted by atomic mass is 10.2. The summed E-state index contributed by atoms with van der Waals surface area (Å²) in [5.41, 5.74) is 6.43. The van der Waals surface area contributed by atoms with Gasteiger partial charge in [0.05, 0.1) is 16.1 Å². The third kappa shape index (κ3) is 3.25. The third-order valence-electron chi connectivity index (χ3n) is 3.54. The maximum atomic E-state index is 12.3. The van der Waals surface area contributed by atoms with Gasteiger partial charge in [0.15, 0.2) is 0 Å². The molecule has 2 amide bonds. The molecule has 0 spiro atoms. The molecule has 1 heterocycles. The number of hydrazine groups is 1. The van der Waals surface area contributed by atoms with Crippen molar-refractivity contribution in [2.24, 2.45) is 0 Å². The number of nitrogens with one attached hydrogen (secondary N) is 3. The molecule has 0 unspecified atom stereocenters. The smallest absolute Gasteiger partial charge is 0.271 e. The van der Waals surface area contributed by atoms with Crippen LogP contribution >= 0.6 is 23.4 Å². The van der Waals surface area contributed by atoms with Crippen molar-refractivity contribution in [3.8, 4) is 0 Å². The molecule has 122 valence electrons. The van der Waals surface area contributed by atoms with E-state index in [4.69, 9.17) is 11.6 Å². The SMILES string of the molecule is CSc1ccc(Cl)c(C(=O)NNC(=O)c2c[nH]c3ccccc23)c1. The molecule has 0 saturated heterocycles. The van der Waals surface area contributed by atoms with E-state index in [1.165, 1.54) is 11.8 Å². The number of aromatic amines is 1. The Balaban J connectivity index is 1.73. The van der Waals surface area contributed by atoms with Crippen LogP contribution in [0.4, 0.5) is 0 Å². The Morgan fingerprint density at radius 2 is 1.75 bits per heavy atom. The molecule has 0 radical (unpaired) electrons. The number of aromatic nitrogens is 1. The van der Waals surface area contributed by atoms with Crippen molar-refractivity contribution in [2.75, 3.05) is 6.26 Å². The molecule has 3 rings (SSSR count). The fraction of sp³-hybridized carbons (Fsp3) is 0.0588. The van der Waals surface area contributed by atoms with E-state index in [0.717, 1.165) is 15.8 Å². The van der Waals surface area contributed by atoms with Crippen molar-refractivity contribution in [1.82, 2.24) is 15.8 Å². The normalized spacial score (nSPS) is 10.6. The number of carbonyl (C=O) groups excluding carboxylic acids is 2. The minimum atomic E-state index is -0.468. The molecule has 0 aliphatic rings. The Hall–Kier alpha value is -2.44. The highest BCUT2D eigenvalue weighted by molar-refractivity contribution is 7.98. The van der Waals surface area contributed by atoms with Gasteiger partial charge in [-0.15, -0.1) is 11.8 Å². The van der Waals surface area contributed by atoms with Gasteiger partial charge in [-0.25, -0.2) is 0 Å². The number of carbonyl (C=O) groups is 2. The number of benzene rings is 2. The van der Waals surface area contributed by atoms with Gasteiger partial charge in [-0.3, -0.25) is 20.4 Å². The minimum absolute atomic E-state index is 0.308. The van der Waals surface area contributed by atoms with Crippen LogP contribution in [0.25, 0.3) is 10.9 Å². The van der Waals surface area contributed by atoms with Crippen molar-refractivity contribution in [1.29, 1.82) is 0 Å². The van der Waals surface area contributed by atoms with Crippen LogP contribution in [0.1, 0.15) is 20.7 Å². The highest BCUT2D eigenvalue weighted by Crippen LogP contribution is 2.23. The number of H-pyrrole nitrogens is 1. The van der Waals surface area contributed by atoms with Crippen molar-refractivity contribution >= 4 is 46.1 Å². The van der Waals surface area contributed by atoms with Crippen molar-refractivity contribution in [3.05, 3.63) is 64.8 Å². The first-order valence-electron chi connectivity index (χ1n) is 7.10. The van der Waals surface area contributed by atoms with Crippen LogP contribution in [-0.4, -0.2) is 23.1 Å². The molecule has 0 aliphatic carbocycles. The van der Waals surface area contributed by atoms with Crippen molar-refractivity contribution in [2.45, 2.75) is 4.90 Å². The molecule has 0 fully saturated rings.